The van der Waals surface area contributed by atoms with Crippen molar-refractivity contribution < 1.29 is 18.0 Å². The van der Waals surface area contributed by atoms with Crippen molar-refractivity contribution in [3.8, 4) is 0 Å². The summed E-state index contributed by atoms with van der Waals surface area (Å²) in [6.45, 7) is 1.56. The van der Waals surface area contributed by atoms with Crippen LogP contribution in [0.2, 0.25) is 0 Å². The Labute approximate surface area is 114 Å². The van der Waals surface area contributed by atoms with Crippen LogP contribution in [0, 0.1) is 5.92 Å². The van der Waals surface area contributed by atoms with Gasteiger partial charge in [0.2, 0.25) is 5.91 Å². The number of piperidine rings is 1. The van der Waals surface area contributed by atoms with E-state index in [-0.39, 0.29) is 17.5 Å². The average Bonchev–Trinajstić information content (AvgIpc) is 2.45. The molecule has 3 N–H and O–H groups in total. The van der Waals surface area contributed by atoms with Crippen LogP contribution in [-0.4, -0.2) is 19.0 Å². The van der Waals surface area contributed by atoms with Crippen LogP contribution in [0.3, 0.4) is 0 Å². The minimum absolute atomic E-state index is 0.102. The normalized spacial score (nSPS) is 16.8. The summed E-state index contributed by atoms with van der Waals surface area (Å²) in [5, 5.41) is 3.14. The second-order valence-corrected chi connectivity index (χ2v) is 4.72. The molecule has 0 aromatic heterocycles. The Balaban J connectivity index is 1.92. The number of halogens is 3. The van der Waals surface area contributed by atoms with Crippen molar-refractivity contribution in [2.24, 2.45) is 5.92 Å². The van der Waals surface area contributed by atoms with Crippen LogP contribution in [0.1, 0.15) is 18.4 Å². The van der Waals surface area contributed by atoms with Crippen LogP contribution in [0.5, 0.6) is 0 Å². The topological polar surface area (TPSA) is 53.2 Å². The summed E-state index contributed by atoms with van der Waals surface area (Å²) in [7, 11) is 0. The third kappa shape index (κ3) is 3.86. The highest BCUT2D eigenvalue weighted by atomic mass is 19.4. The predicted octanol–water partition coefficient (Wildman–Crippen LogP) is 2.15. The van der Waals surface area contributed by atoms with E-state index < -0.39 is 11.7 Å². The van der Waals surface area contributed by atoms with Crippen molar-refractivity contribution in [1.29, 1.82) is 0 Å². The molecule has 1 aromatic carbocycles. The van der Waals surface area contributed by atoms with E-state index in [9.17, 15) is 18.0 Å². The lowest BCUT2D eigenvalue weighted by atomic mass is 9.98. The van der Waals surface area contributed by atoms with Gasteiger partial charge in [-0.3, -0.25) is 15.6 Å². The first-order valence-electron chi connectivity index (χ1n) is 6.40. The highest BCUT2D eigenvalue weighted by molar-refractivity contribution is 5.80. The summed E-state index contributed by atoms with van der Waals surface area (Å²) in [4.78, 5) is 11.8. The molecule has 0 bridgehead atoms. The maximum Gasteiger partial charge on any atom is 0.416 e. The fraction of sp³-hybridized carbons (Fsp3) is 0.462. The average molecular weight is 287 g/mol. The fourth-order valence-electron chi connectivity index (χ4n) is 2.09. The molecular weight excluding hydrogens is 271 g/mol. The highest BCUT2D eigenvalue weighted by Gasteiger charge is 2.30. The van der Waals surface area contributed by atoms with E-state index in [1.807, 2.05) is 0 Å². The number of carbonyl (C=O) groups is 1. The number of rotatable bonds is 3. The first kappa shape index (κ1) is 14.6. The molecule has 0 aliphatic carbocycles. The van der Waals surface area contributed by atoms with Crippen molar-refractivity contribution in [1.82, 2.24) is 10.7 Å². The number of anilines is 1. The molecule has 1 aliphatic heterocycles. The van der Waals surface area contributed by atoms with Crippen molar-refractivity contribution >= 4 is 11.6 Å². The standard InChI is InChI=1S/C13H16F3N3O/c14-13(15,16)10-2-1-3-11(8-10)18-19-12(20)9-4-6-17-7-5-9/h1-3,8-9,17-18H,4-7H2,(H,19,20). The maximum atomic E-state index is 12.5. The minimum atomic E-state index is -4.39. The van der Waals surface area contributed by atoms with Gasteiger partial charge < -0.3 is 5.32 Å². The zero-order valence-electron chi connectivity index (χ0n) is 10.8. The van der Waals surface area contributed by atoms with Gasteiger partial charge >= 0.3 is 6.18 Å². The third-order valence-corrected chi connectivity index (χ3v) is 3.23. The highest BCUT2D eigenvalue weighted by Crippen LogP contribution is 2.30. The number of benzene rings is 1. The largest absolute Gasteiger partial charge is 0.416 e. The first-order valence-corrected chi connectivity index (χ1v) is 6.40. The molecule has 0 radical (unpaired) electrons. The van der Waals surface area contributed by atoms with Gasteiger partial charge in [-0.25, -0.2) is 0 Å². The van der Waals surface area contributed by atoms with Crippen molar-refractivity contribution in [3.05, 3.63) is 29.8 Å². The molecule has 0 unspecified atom stereocenters. The van der Waals surface area contributed by atoms with Crippen molar-refractivity contribution in [2.75, 3.05) is 18.5 Å². The van der Waals surface area contributed by atoms with Gasteiger partial charge in [0.05, 0.1) is 11.3 Å². The molecular formula is C13H16F3N3O. The Morgan fingerprint density at radius 1 is 1.25 bits per heavy atom. The minimum Gasteiger partial charge on any atom is -0.317 e. The third-order valence-electron chi connectivity index (χ3n) is 3.23. The molecule has 110 valence electrons. The summed E-state index contributed by atoms with van der Waals surface area (Å²) in [6, 6.07) is 4.71. The Hall–Kier alpha value is -1.76. The quantitative estimate of drug-likeness (QED) is 0.747. The Bertz CT molecular complexity index is 470. The fourth-order valence-corrected chi connectivity index (χ4v) is 2.09. The number of carbonyl (C=O) groups excluding carboxylic acids is 1. The number of hydrogen-bond donors (Lipinski definition) is 3. The van der Waals surface area contributed by atoms with Gasteiger partial charge in [-0.2, -0.15) is 13.2 Å². The van der Waals surface area contributed by atoms with Crippen LogP contribution in [-0.2, 0) is 11.0 Å². The zero-order valence-corrected chi connectivity index (χ0v) is 10.8. The lowest BCUT2D eigenvalue weighted by Gasteiger charge is -2.22. The second-order valence-electron chi connectivity index (χ2n) is 4.72. The van der Waals surface area contributed by atoms with E-state index in [1.54, 1.807) is 0 Å². The van der Waals surface area contributed by atoms with E-state index in [4.69, 9.17) is 0 Å². The van der Waals surface area contributed by atoms with E-state index in [0.29, 0.717) is 0 Å². The molecule has 1 amide bonds. The van der Waals surface area contributed by atoms with E-state index in [0.717, 1.165) is 38.1 Å². The zero-order chi connectivity index (χ0) is 14.6. The van der Waals surface area contributed by atoms with Crippen LogP contribution in [0.4, 0.5) is 18.9 Å². The van der Waals surface area contributed by atoms with Gasteiger partial charge in [0.15, 0.2) is 0 Å². The van der Waals surface area contributed by atoms with Crippen LogP contribution in [0.25, 0.3) is 0 Å². The summed E-state index contributed by atoms with van der Waals surface area (Å²) < 4.78 is 37.6. The molecule has 2 rings (SSSR count). The molecule has 1 heterocycles. The molecule has 1 aromatic rings. The van der Waals surface area contributed by atoms with Gasteiger partial charge in [-0.15, -0.1) is 0 Å². The van der Waals surface area contributed by atoms with E-state index in [2.05, 4.69) is 16.2 Å². The van der Waals surface area contributed by atoms with Gasteiger partial charge in [-0.1, -0.05) is 6.07 Å². The summed E-state index contributed by atoms with van der Waals surface area (Å²) in [6.07, 6.45) is -2.93. The molecule has 0 atom stereocenters. The van der Waals surface area contributed by atoms with Gasteiger partial charge in [0, 0.05) is 5.92 Å². The molecule has 7 heteroatoms. The molecule has 1 aliphatic rings. The lowest BCUT2D eigenvalue weighted by Crippen LogP contribution is -2.40. The monoisotopic (exact) mass is 287 g/mol. The molecule has 1 saturated heterocycles. The number of hydrazine groups is 1. The summed E-state index contributed by atoms with van der Waals surface area (Å²) in [5.74, 6) is -0.293. The first-order chi connectivity index (χ1) is 9.47. The predicted molar refractivity (Wildman–Crippen MR) is 68.8 cm³/mol. The molecule has 1 fully saturated rings. The van der Waals surface area contributed by atoms with Gasteiger partial charge in [0.25, 0.3) is 0 Å². The number of nitrogens with one attached hydrogen (secondary N) is 3. The van der Waals surface area contributed by atoms with E-state index >= 15 is 0 Å². The van der Waals surface area contributed by atoms with Crippen molar-refractivity contribution in [3.63, 3.8) is 0 Å². The second kappa shape index (κ2) is 6.13. The number of alkyl halides is 3. The van der Waals surface area contributed by atoms with E-state index in [1.165, 1.54) is 12.1 Å². The smallest absolute Gasteiger partial charge is 0.317 e. The molecule has 0 saturated carbocycles. The summed E-state index contributed by atoms with van der Waals surface area (Å²) in [5.41, 5.74) is 4.46. The Kier molecular flexibility index (Phi) is 4.49. The molecule has 0 spiro atoms. The Morgan fingerprint density at radius 2 is 1.95 bits per heavy atom. The molecule has 4 nitrogen and oxygen atoms in total. The SMILES string of the molecule is O=C(NNc1cccc(C(F)(F)F)c1)C1CCNCC1. The van der Waals surface area contributed by atoms with Gasteiger partial charge in [-0.05, 0) is 44.1 Å². The van der Waals surface area contributed by atoms with Gasteiger partial charge in [0.1, 0.15) is 0 Å². The van der Waals surface area contributed by atoms with Crippen LogP contribution < -0.4 is 16.2 Å². The molecule has 20 heavy (non-hydrogen) atoms. The van der Waals surface area contributed by atoms with Crippen LogP contribution >= 0.6 is 0 Å². The van der Waals surface area contributed by atoms with Crippen molar-refractivity contribution in [2.45, 2.75) is 19.0 Å². The number of amides is 1. The Morgan fingerprint density at radius 3 is 2.60 bits per heavy atom. The number of hydrogen-bond acceptors (Lipinski definition) is 3. The summed E-state index contributed by atoms with van der Waals surface area (Å²) >= 11 is 0. The lowest BCUT2D eigenvalue weighted by molar-refractivity contribution is -0.137. The van der Waals surface area contributed by atoms with Crippen LogP contribution in [0.15, 0.2) is 24.3 Å². The maximum absolute atomic E-state index is 12.5.